The Morgan fingerprint density at radius 2 is 2.00 bits per heavy atom. The number of hydrogen-bond donors (Lipinski definition) is 0. The van der Waals surface area contributed by atoms with Crippen LogP contribution in [0.25, 0.3) is 0 Å². The maximum atomic E-state index is 11.9. The van der Waals surface area contributed by atoms with Gasteiger partial charge in [-0.2, -0.15) is 0 Å². The maximum Gasteiger partial charge on any atom is 0.339 e. The molecule has 4 nitrogen and oxygen atoms in total. The molecule has 0 aliphatic heterocycles. The lowest BCUT2D eigenvalue weighted by atomic mass is 10.2. The summed E-state index contributed by atoms with van der Waals surface area (Å²) in [5, 5.41) is 0. The molecule has 0 spiro atoms. The molecule has 1 rings (SSSR count). The Morgan fingerprint density at radius 1 is 1.30 bits per heavy atom. The van der Waals surface area contributed by atoms with Gasteiger partial charge in [-0.05, 0) is 40.5 Å². The Balaban J connectivity index is 2.72. The molecule has 0 N–H and O–H groups in total. The summed E-state index contributed by atoms with van der Waals surface area (Å²) in [7, 11) is 1.39. The summed E-state index contributed by atoms with van der Waals surface area (Å²) in [6.07, 6.45) is 4.00. The zero-order valence-electron chi connectivity index (χ0n) is 11.1. The van der Waals surface area contributed by atoms with E-state index in [2.05, 4.69) is 22.9 Å². The zero-order valence-corrected chi connectivity index (χ0v) is 14.2. The van der Waals surface area contributed by atoms with Crippen LogP contribution in [0.4, 0.5) is 0 Å². The van der Waals surface area contributed by atoms with Gasteiger partial charge in [0.1, 0.15) is 0 Å². The largest absolute Gasteiger partial charge is 0.462 e. The minimum Gasteiger partial charge on any atom is -0.462 e. The van der Waals surface area contributed by atoms with Crippen LogP contribution in [0.5, 0.6) is 0 Å². The molecule has 0 aliphatic carbocycles. The second-order valence-corrected chi connectivity index (χ2v) is 7.70. The van der Waals surface area contributed by atoms with Gasteiger partial charge in [-0.3, -0.25) is 0 Å². The van der Waals surface area contributed by atoms with Crippen molar-refractivity contribution in [2.24, 2.45) is 0 Å². The lowest BCUT2D eigenvalue weighted by molar-refractivity contribution is 0.0496. The molecule has 0 heterocycles. The molecule has 0 aliphatic rings. The van der Waals surface area contributed by atoms with Gasteiger partial charge in [0.2, 0.25) is 0 Å². The lowest BCUT2D eigenvalue weighted by Gasteiger charge is -2.07. The Morgan fingerprint density at radius 3 is 2.60 bits per heavy atom. The number of carbonyl (C=O) groups is 1. The number of benzene rings is 1. The van der Waals surface area contributed by atoms with Gasteiger partial charge in [-0.1, -0.05) is 26.2 Å². The average Bonchev–Trinajstić information content (AvgIpc) is 2.37. The lowest BCUT2D eigenvalue weighted by Crippen LogP contribution is -2.08. The van der Waals surface area contributed by atoms with Gasteiger partial charge in [0, 0.05) is 15.2 Å². The third kappa shape index (κ3) is 5.42. The van der Waals surface area contributed by atoms with Gasteiger partial charge in [-0.15, -0.1) is 0 Å². The summed E-state index contributed by atoms with van der Waals surface area (Å²) < 4.78 is 28.1. The second-order valence-electron chi connectivity index (χ2n) is 4.28. The van der Waals surface area contributed by atoms with E-state index in [1.807, 2.05) is 0 Å². The SMILES string of the molecule is CCCCCCOC(=O)c1cc(S(=O)(=O)Cl)ccc1Br. The van der Waals surface area contributed by atoms with E-state index in [0.717, 1.165) is 25.7 Å². The summed E-state index contributed by atoms with van der Waals surface area (Å²) in [6.45, 7) is 2.42. The van der Waals surface area contributed by atoms with Crippen molar-refractivity contribution in [1.82, 2.24) is 0 Å². The number of carbonyl (C=O) groups excluding carboxylic acids is 1. The zero-order chi connectivity index (χ0) is 15.2. The first-order valence-electron chi connectivity index (χ1n) is 6.27. The Labute approximate surface area is 132 Å². The molecular weight excluding hydrogens is 368 g/mol. The van der Waals surface area contributed by atoms with Crippen LogP contribution in [0.3, 0.4) is 0 Å². The van der Waals surface area contributed by atoms with Crippen LogP contribution in [-0.4, -0.2) is 21.0 Å². The molecule has 0 unspecified atom stereocenters. The van der Waals surface area contributed by atoms with Crippen molar-refractivity contribution in [3.05, 3.63) is 28.2 Å². The summed E-state index contributed by atoms with van der Waals surface area (Å²) in [5.41, 5.74) is 0.155. The van der Waals surface area contributed by atoms with Crippen LogP contribution in [0.2, 0.25) is 0 Å². The minimum absolute atomic E-state index is 0.125. The van der Waals surface area contributed by atoms with Crippen LogP contribution >= 0.6 is 26.6 Å². The summed E-state index contributed by atoms with van der Waals surface area (Å²) in [4.78, 5) is 11.8. The van der Waals surface area contributed by atoms with Crippen molar-refractivity contribution in [3.63, 3.8) is 0 Å². The van der Waals surface area contributed by atoms with Crippen LogP contribution in [0.15, 0.2) is 27.6 Å². The fourth-order valence-corrected chi connectivity index (χ4v) is 2.77. The Kier molecular flexibility index (Phi) is 6.99. The standard InChI is InChI=1S/C13H16BrClO4S/c1-2-3-4-5-8-19-13(16)11-9-10(20(15,17)18)6-7-12(11)14/h6-7,9H,2-5,8H2,1H3. The first-order chi connectivity index (χ1) is 9.36. The van der Waals surface area contributed by atoms with E-state index in [1.165, 1.54) is 18.2 Å². The number of ether oxygens (including phenoxy) is 1. The van der Waals surface area contributed by atoms with E-state index < -0.39 is 15.0 Å². The van der Waals surface area contributed by atoms with Gasteiger partial charge in [-0.25, -0.2) is 13.2 Å². The molecule has 0 amide bonds. The van der Waals surface area contributed by atoms with Crippen molar-refractivity contribution in [2.45, 2.75) is 37.5 Å². The topological polar surface area (TPSA) is 60.4 Å². The molecule has 1 aromatic rings. The molecule has 0 saturated carbocycles. The Hall–Kier alpha value is -0.590. The molecule has 0 radical (unpaired) electrons. The highest BCUT2D eigenvalue weighted by Gasteiger charge is 2.17. The summed E-state index contributed by atoms with van der Waals surface area (Å²) >= 11 is 3.19. The van der Waals surface area contributed by atoms with E-state index in [-0.39, 0.29) is 10.5 Å². The normalized spacial score (nSPS) is 11.3. The molecule has 0 saturated heterocycles. The monoisotopic (exact) mass is 382 g/mol. The second kappa shape index (κ2) is 8.00. The molecule has 112 valence electrons. The molecular formula is C13H16BrClO4S. The molecule has 1 aromatic carbocycles. The van der Waals surface area contributed by atoms with Crippen LogP contribution < -0.4 is 0 Å². The minimum atomic E-state index is -3.86. The predicted octanol–water partition coefficient (Wildman–Crippen LogP) is 4.11. The van der Waals surface area contributed by atoms with Crippen molar-refractivity contribution in [2.75, 3.05) is 6.61 Å². The van der Waals surface area contributed by atoms with E-state index in [0.29, 0.717) is 11.1 Å². The van der Waals surface area contributed by atoms with Gasteiger partial charge < -0.3 is 4.74 Å². The van der Waals surface area contributed by atoms with Gasteiger partial charge in [0.05, 0.1) is 17.1 Å². The fraction of sp³-hybridized carbons (Fsp3) is 0.462. The van der Waals surface area contributed by atoms with Crippen molar-refractivity contribution in [1.29, 1.82) is 0 Å². The molecule has 0 aromatic heterocycles. The van der Waals surface area contributed by atoms with E-state index >= 15 is 0 Å². The maximum absolute atomic E-state index is 11.9. The molecule has 0 bridgehead atoms. The Bertz CT molecular complexity index is 572. The van der Waals surface area contributed by atoms with Gasteiger partial charge in [0.25, 0.3) is 9.05 Å². The highest BCUT2D eigenvalue weighted by molar-refractivity contribution is 9.10. The van der Waals surface area contributed by atoms with Crippen molar-refractivity contribution >= 4 is 41.6 Å². The highest BCUT2D eigenvalue weighted by atomic mass is 79.9. The highest BCUT2D eigenvalue weighted by Crippen LogP contribution is 2.24. The fourth-order valence-electron chi connectivity index (χ4n) is 1.58. The van der Waals surface area contributed by atoms with Gasteiger partial charge in [0.15, 0.2) is 0 Å². The quantitative estimate of drug-likeness (QED) is 0.404. The summed E-state index contributed by atoms with van der Waals surface area (Å²) in [6, 6.07) is 3.99. The van der Waals surface area contributed by atoms with Crippen molar-refractivity contribution in [3.8, 4) is 0 Å². The molecule has 0 atom stereocenters. The number of unbranched alkanes of at least 4 members (excludes halogenated alkanes) is 3. The van der Waals surface area contributed by atoms with E-state index in [9.17, 15) is 13.2 Å². The molecule has 0 fully saturated rings. The third-order valence-corrected chi connectivity index (χ3v) is 4.71. The smallest absolute Gasteiger partial charge is 0.339 e. The van der Waals surface area contributed by atoms with Crippen LogP contribution in [0, 0.1) is 0 Å². The molecule has 20 heavy (non-hydrogen) atoms. The number of esters is 1. The third-order valence-electron chi connectivity index (χ3n) is 2.67. The van der Waals surface area contributed by atoms with Crippen LogP contribution in [0.1, 0.15) is 43.0 Å². The summed E-state index contributed by atoms with van der Waals surface area (Å²) in [5.74, 6) is -0.560. The average molecular weight is 384 g/mol. The number of halogens is 2. The van der Waals surface area contributed by atoms with Crippen LogP contribution in [-0.2, 0) is 13.8 Å². The first-order valence-corrected chi connectivity index (χ1v) is 9.38. The van der Waals surface area contributed by atoms with E-state index in [1.54, 1.807) is 0 Å². The molecule has 7 heteroatoms. The van der Waals surface area contributed by atoms with Gasteiger partial charge >= 0.3 is 5.97 Å². The number of hydrogen-bond acceptors (Lipinski definition) is 4. The first kappa shape index (κ1) is 17.5. The predicted molar refractivity (Wildman–Crippen MR) is 81.6 cm³/mol. The number of rotatable bonds is 7. The van der Waals surface area contributed by atoms with E-state index in [4.69, 9.17) is 15.4 Å². The van der Waals surface area contributed by atoms with Crippen molar-refractivity contribution < 1.29 is 17.9 Å².